The molecule has 1 unspecified atom stereocenters. The summed E-state index contributed by atoms with van der Waals surface area (Å²) in [6.45, 7) is 1.91. The number of benzene rings is 1. The molecule has 0 aliphatic rings. The van der Waals surface area contributed by atoms with Gasteiger partial charge in [0, 0.05) is 24.4 Å². The van der Waals surface area contributed by atoms with Crippen LogP contribution in [-0.4, -0.2) is 26.8 Å². The number of aromatic nitrogens is 2. The van der Waals surface area contributed by atoms with Gasteiger partial charge in [0.05, 0.1) is 6.20 Å². The fourth-order valence-corrected chi connectivity index (χ4v) is 1.80. The average molecular weight is 273 g/mol. The molecule has 2 rings (SSSR count). The Morgan fingerprint density at radius 2 is 1.95 bits per heavy atom. The highest BCUT2D eigenvalue weighted by atomic mass is 16.4. The van der Waals surface area contributed by atoms with Crippen LogP contribution in [0.1, 0.15) is 27.5 Å². The second kappa shape index (κ2) is 5.56. The van der Waals surface area contributed by atoms with Crippen LogP contribution in [-0.2, 0) is 11.8 Å². The topological polar surface area (TPSA) is 84.2 Å². The molecule has 1 aromatic carbocycles. The highest BCUT2D eigenvalue weighted by Gasteiger charge is 2.23. The third-order valence-electron chi connectivity index (χ3n) is 2.89. The van der Waals surface area contributed by atoms with Gasteiger partial charge in [0.25, 0.3) is 5.91 Å². The number of aliphatic carboxylic acids is 1. The van der Waals surface area contributed by atoms with Gasteiger partial charge in [-0.1, -0.05) is 17.7 Å². The zero-order valence-electron chi connectivity index (χ0n) is 11.2. The van der Waals surface area contributed by atoms with E-state index in [1.165, 1.54) is 10.9 Å². The van der Waals surface area contributed by atoms with Gasteiger partial charge in [-0.2, -0.15) is 5.10 Å². The van der Waals surface area contributed by atoms with Crippen molar-refractivity contribution in [2.24, 2.45) is 7.05 Å². The quantitative estimate of drug-likeness (QED) is 0.879. The molecule has 0 bridgehead atoms. The van der Waals surface area contributed by atoms with Crippen LogP contribution in [0.3, 0.4) is 0 Å². The molecule has 0 aliphatic carbocycles. The highest BCUT2D eigenvalue weighted by molar-refractivity contribution is 5.96. The van der Waals surface area contributed by atoms with Gasteiger partial charge < -0.3 is 10.4 Å². The molecule has 0 spiro atoms. The first-order chi connectivity index (χ1) is 9.47. The molecule has 1 aromatic heterocycles. The van der Waals surface area contributed by atoms with E-state index in [4.69, 9.17) is 0 Å². The standard InChI is InChI=1S/C14H15N3O3/c1-9-3-5-10(6-4-9)13(18)16-12(14(19)20)11-7-15-17(2)8-11/h3-8,12H,1-2H3,(H,16,18)(H,19,20). The summed E-state index contributed by atoms with van der Waals surface area (Å²) < 4.78 is 1.49. The molecular formula is C14H15N3O3. The van der Waals surface area contributed by atoms with Crippen LogP contribution in [0, 0.1) is 6.92 Å². The van der Waals surface area contributed by atoms with Gasteiger partial charge in [0.15, 0.2) is 6.04 Å². The van der Waals surface area contributed by atoms with Gasteiger partial charge in [-0.15, -0.1) is 0 Å². The van der Waals surface area contributed by atoms with Crippen molar-refractivity contribution in [3.8, 4) is 0 Å². The minimum atomic E-state index is -1.13. The van der Waals surface area contributed by atoms with Crippen molar-refractivity contribution >= 4 is 11.9 Å². The smallest absolute Gasteiger partial charge is 0.331 e. The molecule has 0 fully saturated rings. The Morgan fingerprint density at radius 3 is 2.45 bits per heavy atom. The lowest BCUT2D eigenvalue weighted by molar-refractivity contribution is -0.139. The number of carbonyl (C=O) groups excluding carboxylic acids is 1. The Balaban J connectivity index is 2.18. The van der Waals surface area contributed by atoms with Crippen LogP contribution in [0.15, 0.2) is 36.7 Å². The van der Waals surface area contributed by atoms with E-state index in [1.807, 2.05) is 6.92 Å². The zero-order valence-corrected chi connectivity index (χ0v) is 11.2. The van der Waals surface area contributed by atoms with Crippen molar-refractivity contribution in [1.82, 2.24) is 15.1 Å². The summed E-state index contributed by atoms with van der Waals surface area (Å²) >= 11 is 0. The largest absolute Gasteiger partial charge is 0.479 e. The molecule has 2 N–H and O–H groups in total. The molecular weight excluding hydrogens is 258 g/mol. The van der Waals surface area contributed by atoms with Gasteiger partial charge in [0.2, 0.25) is 0 Å². The van der Waals surface area contributed by atoms with Crippen molar-refractivity contribution in [3.63, 3.8) is 0 Å². The summed E-state index contributed by atoms with van der Waals surface area (Å²) in [6, 6.07) is 5.81. The fourth-order valence-electron chi connectivity index (χ4n) is 1.80. The molecule has 0 aliphatic heterocycles. The normalized spacial score (nSPS) is 11.9. The summed E-state index contributed by atoms with van der Waals surface area (Å²) in [5, 5.41) is 15.6. The van der Waals surface area contributed by atoms with Crippen LogP contribution in [0.25, 0.3) is 0 Å². The number of carboxylic acid groups (broad SMARTS) is 1. The predicted octanol–water partition coefficient (Wildman–Crippen LogP) is 1.28. The zero-order chi connectivity index (χ0) is 14.7. The summed E-state index contributed by atoms with van der Waals surface area (Å²) in [4.78, 5) is 23.3. The molecule has 1 amide bonds. The Kier molecular flexibility index (Phi) is 3.84. The second-order valence-corrected chi connectivity index (χ2v) is 4.56. The Morgan fingerprint density at radius 1 is 1.30 bits per heavy atom. The van der Waals surface area contributed by atoms with Crippen LogP contribution in [0.5, 0.6) is 0 Å². The first kappa shape index (κ1) is 13.8. The molecule has 20 heavy (non-hydrogen) atoms. The Labute approximate surface area is 116 Å². The number of amides is 1. The van der Waals surface area contributed by atoms with Crippen molar-refractivity contribution in [2.75, 3.05) is 0 Å². The molecule has 0 radical (unpaired) electrons. The lowest BCUT2D eigenvalue weighted by Crippen LogP contribution is -2.33. The van der Waals surface area contributed by atoms with Crippen LogP contribution in [0.4, 0.5) is 0 Å². The number of hydrogen-bond acceptors (Lipinski definition) is 3. The Hall–Kier alpha value is -2.63. The van der Waals surface area contributed by atoms with Gasteiger partial charge >= 0.3 is 5.97 Å². The molecule has 0 saturated carbocycles. The number of nitrogens with one attached hydrogen (secondary N) is 1. The van der Waals surface area contributed by atoms with E-state index in [0.29, 0.717) is 11.1 Å². The molecule has 2 aromatic rings. The van der Waals surface area contributed by atoms with E-state index < -0.39 is 17.9 Å². The van der Waals surface area contributed by atoms with E-state index in [2.05, 4.69) is 10.4 Å². The Bertz CT molecular complexity index is 631. The van der Waals surface area contributed by atoms with Gasteiger partial charge in [0.1, 0.15) is 0 Å². The van der Waals surface area contributed by atoms with E-state index in [0.717, 1.165) is 5.56 Å². The van der Waals surface area contributed by atoms with Gasteiger partial charge in [-0.05, 0) is 19.1 Å². The first-order valence-electron chi connectivity index (χ1n) is 6.06. The van der Waals surface area contributed by atoms with Crippen LogP contribution in [0.2, 0.25) is 0 Å². The molecule has 0 saturated heterocycles. The lowest BCUT2D eigenvalue weighted by Gasteiger charge is -2.13. The number of nitrogens with zero attached hydrogens (tertiary/aromatic N) is 2. The maximum atomic E-state index is 12.0. The van der Waals surface area contributed by atoms with Crippen LogP contribution < -0.4 is 5.32 Å². The van der Waals surface area contributed by atoms with E-state index >= 15 is 0 Å². The second-order valence-electron chi connectivity index (χ2n) is 4.56. The predicted molar refractivity (Wildman–Crippen MR) is 72.2 cm³/mol. The third kappa shape index (κ3) is 3.03. The van der Waals surface area contributed by atoms with E-state index in [-0.39, 0.29) is 0 Å². The van der Waals surface area contributed by atoms with Crippen molar-refractivity contribution in [2.45, 2.75) is 13.0 Å². The average Bonchev–Trinajstić information content (AvgIpc) is 2.82. The summed E-state index contributed by atoms with van der Waals surface area (Å²) in [5.41, 5.74) is 1.88. The minimum absolute atomic E-state index is 0.422. The highest BCUT2D eigenvalue weighted by Crippen LogP contribution is 2.13. The SMILES string of the molecule is Cc1ccc(C(=O)NC(C(=O)O)c2cnn(C)c2)cc1. The van der Waals surface area contributed by atoms with Crippen molar-refractivity contribution in [3.05, 3.63) is 53.3 Å². The maximum absolute atomic E-state index is 12.0. The molecule has 1 heterocycles. The summed E-state index contributed by atoms with van der Waals surface area (Å²) in [7, 11) is 1.68. The van der Waals surface area contributed by atoms with Crippen molar-refractivity contribution < 1.29 is 14.7 Å². The first-order valence-corrected chi connectivity index (χ1v) is 6.06. The van der Waals surface area contributed by atoms with E-state index in [1.54, 1.807) is 37.5 Å². The molecule has 1 atom stereocenters. The molecule has 104 valence electrons. The number of carboxylic acids is 1. The van der Waals surface area contributed by atoms with E-state index in [9.17, 15) is 14.7 Å². The fraction of sp³-hybridized carbons (Fsp3) is 0.214. The van der Waals surface area contributed by atoms with Crippen molar-refractivity contribution in [1.29, 1.82) is 0 Å². The van der Waals surface area contributed by atoms with Gasteiger partial charge in [-0.25, -0.2) is 4.79 Å². The maximum Gasteiger partial charge on any atom is 0.331 e. The number of hydrogen-bond donors (Lipinski definition) is 2. The molecule has 6 heteroatoms. The van der Waals surface area contributed by atoms with Gasteiger partial charge in [-0.3, -0.25) is 9.48 Å². The van der Waals surface area contributed by atoms with Crippen LogP contribution >= 0.6 is 0 Å². The summed E-state index contributed by atoms with van der Waals surface area (Å²) in [5.74, 6) is -1.56. The minimum Gasteiger partial charge on any atom is -0.479 e. The summed E-state index contributed by atoms with van der Waals surface area (Å²) in [6.07, 6.45) is 2.99. The monoisotopic (exact) mass is 273 g/mol. The third-order valence-corrected chi connectivity index (χ3v) is 2.89. The number of rotatable bonds is 4. The number of carbonyl (C=O) groups is 2. The number of aryl methyl sites for hydroxylation is 2. The molecule has 6 nitrogen and oxygen atoms in total. The lowest BCUT2D eigenvalue weighted by atomic mass is 10.1.